The summed E-state index contributed by atoms with van der Waals surface area (Å²) in [6.07, 6.45) is 2.40. The summed E-state index contributed by atoms with van der Waals surface area (Å²) in [6.45, 7) is 7.10. The minimum absolute atomic E-state index is 0.0598. The third kappa shape index (κ3) is 3.54. The Morgan fingerprint density at radius 1 is 1.10 bits per heavy atom. The zero-order valence-corrected chi connectivity index (χ0v) is 17.8. The topological polar surface area (TPSA) is 57.7 Å². The van der Waals surface area contributed by atoms with Crippen molar-refractivity contribution >= 4 is 23.1 Å². The zero-order valence-electron chi connectivity index (χ0n) is 17.8. The number of hydrogen-bond acceptors (Lipinski definition) is 5. The van der Waals surface area contributed by atoms with Crippen molar-refractivity contribution in [3.63, 3.8) is 0 Å². The lowest BCUT2D eigenvalue weighted by Crippen LogP contribution is -2.51. The second kappa shape index (κ2) is 7.91. The third-order valence-electron chi connectivity index (χ3n) is 6.68. The van der Waals surface area contributed by atoms with Crippen LogP contribution in [0.25, 0.3) is 0 Å². The van der Waals surface area contributed by atoms with E-state index in [1.54, 1.807) is 6.92 Å². The molecule has 1 unspecified atom stereocenters. The first-order valence-corrected chi connectivity index (χ1v) is 11.1. The Morgan fingerprint density at radius 3 is 2.50 bits per heavy atom. The van der Waals surface area contributed by atoms with E-state index in [-0.39, 0.29) is 23.9 Å². The molecule has 30 heavy (non-hydrogen) atoms. The van der Waals surface area contributed by atoms with Gasteiger partial charge in [-0.1, -0.05) is 25.1 Å². The molecule has 2 aliphatic heterocycles. The molecule has 3 aliphatic rings. The van der Waals surface area contributed by atoms with Crippen LogP contribution in [0.5, 0.6) is 0 Å². The number of rotatable bonds is 4. The van der Waals surface area contributed by atoms with Crippen LogP contribution in [-0.2, 0) is 9.53 Å². The number of hydrogen-bond donors (Lipinski definition) is 1. The van der Waals surface area contributed by atoms with Crippen LogP contribution in [-0.4, -0.2) is 43.2 Å². The summed E-state index contributed by atoms with van der Waals surface area (Å²) in [7, 11) is 0. The van der Waals surface area contributed by atoms with Gasteiger partial charge in [0.15, 0.2) is 0 Å². The molecule has 2 aromatic rings. The van der Waals surface area contributed by atoms with Gasteiger partial charge in [-0.2, -0.15) is 0 Å². The Labute approximate surface area is 178 Å². The van der Waals surface area contributed by atoms with E-state index in [9.17, 15) is 4.79 Å². The molecule has 1 N–H and O–H groups in total. The summed E-state index contributed by atoms with van der Waals surface area (Å²) in [5.74, 6) is 1.93. The molecule has 0 spiro atoms. The second-order valence-corrected chi connectivity index (χ2v) is 8.74. The monoisotopic (exact) mass is 406 g/mol. The van der Waals surface area contributed by atoms with Crippen molar-refractivity contribution in [2.45, 2.75) is 38.8 Å². The number of carbonyl (C=O) groups excluding carboxylic acids is 1. The number of carbonyl (C=O) groups is 1. The van der Waals surface area contributed by atoms with Crippen molar-refractivity contribution in [3.05, 3.63) is 48.2 Å². The summed E-state index contributed by atoms with van der Waals surface area (Å²) < 4.78 is 5.51. The predicted octanol–water partition coefficient (Wildman–Crippen LogP) is 3.85. The molecule has 1 saturated carbocycles. The number of pyridine rings is 1. The fraction of sp³-hybridized carbons (Fsp3) is 0.500. The molecule has 3 heterocycles. The minimum atomic E-state index is 0.0598. The van der Waals surface area contributed by atoms with Crippen molar-refractivity contribution in [1.29, 1.82) is 0 Å². The average Bonchev–Trinajstić information content (AvgIpc) is 3.61. The van der Waals surface area contributed by atoms with Gasteiger partial charge in [0.25, 0.3) is 0 Å². The van der Waals surface area contributed by atoms with Crippen LogP contribution in [0.4, 0.5) is 17.2 Å². The summed E-state index contributed by atoms with van der Waals surface area (Å²) in [5, 5.41) is 3.75. The standard InChI is InChI=1S/C24H30N4O2/c1-16-22(25-19-6-4-3-5-7-19)23-20(28(17(2)29)24(16)18-8-9-18)10-11-21(26-23)27-12-14-30-15-13-27/h3-7,10-11,16,18,22,24-25H,8-9,12-15H2,1-2H3/t16-,22?,24-/m1/s1. The normalized spacial score (nSPS) is 26.3. The largest absolute Gasteiger partial charge is 0.378 e. The summed E-state index contributed by atoms with van der Waals surface area (Å²) in [6, 6.07) is 14.8. The van der Waals surface area contributed by atoms with Gasteiger partial charge in [0.05, 0.1) is 30.6 Å². The van der Waals surface area contributed by atoms with Gasteiger partial charge < -0.3 is 19.9 Å². The number of amides is 1. The van der Waals surface area contributed by atoms with E-state index in [0.717, 1.165) is 49.2 Å². The van der Waals surface area contributed by atoms with Crippen LogP contribution in [0.2, 0.25) is 0 Å². The predicted molar refractivity (Wildman–Crippen MR) is 119 cm³/mol. The van der Waals surface area contributed by atoms with Gasteiger partial charge in [0.1, 0.15) is 5.82 Å². The van der Waals surface area contributed by atoms with Crippen molar-refractivity contribution in [3.8, 4) is 0 Å². The van der Waals surface area contributed by atoms with E-state index < -0.39 is 0 Å². The molecular formula is C24H30N4O2. The first-order chi connectivity index (χ1) is 14.6. The van der Waals surface area contributed by atoms with Crippen LogP contribution in [0.15, 0.2) is 42.5 Å². The van der Waals surface area contributed by atoms with Crippen LogP contribution in [0, 0.1) is 11.8 Å². The van der Waals surface area contributed by atoms with E-state index in [1.165, 1.54) is 12.8 Å². The summed E-state index contributed by atoms with van der Waals surface area (Å²) >= 11 is 0. The van der Waals surface area contributed by atoms with Gasteiger partial charge in [-0.05, 0) is 43.0 Å². The first-order valence-electron chi connectivity index (χ1n) is 11.1. The van der Waals surface area contributed by atoms with E-state index in [2.05, 4.69) is 53.5 Å². The summed E-state index contributed by atoms with van der Waals surface area (Å²) in [4.78, 5) is 22.2. The van der Waals surface area contributed by atoms with E-state index in [4.69, 9.17) is 9.72 Å². The molecule has 6 nitrogen and oxygen atoms in total. The number of fused-ring (bicyclic) bond motifs is 1. The Hall–Kier alpha value is -2.60. The highest BCUT2D eigenvalue weighted by atomic mass is 16.5. The maximum atomic E-state index is 12.8. The number of morpholine rings is 1. The smallest absolute Gasteiger partial charge is 0.224 e. The molecular weight excluding hydrogens is 376 g/mol. The number of anilines is 3. The number of aromatic nitrogens is 1. The minimum Gasteiger partial charge on any atom is -0.378 e. The molecule has 1 aromatic heterocycles. The highest BCUT2D eigenvalue weighted by Gasteiger charge is 2.48. The van der Waals surface area contributed by atoms with Crippen molar-refractivity contribution in [1.82, 2.24) is 4.98 Å². The van der Waals surface area contributed by atoms with Gasteiger partial charge in [-0.3, -0.25) is 4.79 Å². The molecule has 5 rings (SSSR count). The molecule has 0 radical (unpaired) electrons. The van der Waals surface area contributed by atoms with Crippen molar-refractivity contribution < 1.29 is 9.53 Å². The lowest BCUT2D eigenvalue weighted by molar-refractivity contribution is -0.117. The quantitative estimate of drug-likeness (QED) is 0.836. The Balaban J connectivity index is 1.58. The number of ether oxygens (including phenoxy) is 1. The number of nitrogens with zero attached hydrogens (tertiary/aromatic N) is 3. The number of nitrogens with one attached hydrogen (secondary N) is 1. The van der Waals surface area contributed by atoms with E-state index >= 15 is 0 Å². The van der Waals surface area contributed by atoms with Crippen molar-refractivity contribution in [2.75, 3.05) is 41.4 Å². The average molecular weight is 407 g/mol. The molecule has 0 bridgehead atoms. The van der Waals surface area contributed by atoms with Crippen LogP contribution in [0.1, 0.15) is 38.4 Å². The first kappa shape index (κ1) is 19.4. The van der Waals surface area contributed by atoms with Gasteiger partial charge in [-0.25, -0.2) is 4.98 Å². The Kier molecular flexibility index (Phi) is 5.11. The van der Waals surface area contributed by atoms with Gasteiger partial charge >= 0.3 is 0 Å². The fourth-order valence-electron chi connectivity index (χ4n) is 5.07. The number of benzene rings is 1. The zero-order chi connectivity index (χ0) is 20.7. The molecule has 6 heteroatoms. The van der Waals surface area contributed by atoms with Crippen molar-refractivity contribution in [2.24, 2.45) is 11.8 Å². The van der Waals surface area contributed by atoms with Crippen LogP contribution < -0.4 is 15.1 Å². The molecule has 1 aliphatic carbocycles. The Bertz CT molecular complexity index is 909. The molecule has 158 valence electrons. The van der Waals surface area contributed by atoms with Gasteiger partial charge in [0, 0.05) is 37.7 Å². The second-order valence-electron chi connectivity index (χ2n) is 8.74. The SMILES string of the molecule is CC(=O)N1c2ccc(N3CCOCC3)nc2C(Nc2ccccc2)[C@@H](C)[C@@H]1C1CC1. The van der Waals surface area contributed by atoms with Gasteiger partial charge in [-0.15, -0.1) is 0 Å². The highest BCUT2D eigenvalue weighted by molar-refractivity contribution is 5.94. The van der Waals surface area contributed by atoms with Crippen LogP contribution >= 0.6 is 0 Å². The number of para-hydroxylation sites is 1. The van der Waals surface area contributed by atoms with Crippen LogP contribution in [0.3, 0.4) is 0 Å². The highest BCUT2D eigenvalue weighted by Crippen LogP contribution is 2.49. The van der Waals surface area contributed by atoms with E-state index in [0.29, 0.717) is 5.92 Å². The molecule has 2 fully saturated rings. The fourth-order valence-corrected chi connectivity index (χ4v) is 5.07. The maximum absolute atomic E-state index is 12.8. The lowest BCUT2D eigenvalue weighted by atomic mass is 9.82. The molecule has 1 aromatic carbocycles. The Morgan fingerprint density at radius 2 is 1.83 bits per heavy atom. The third-order valence-corrected chi connectivity index (χ3v) is 6.68. The molecule has 3 atom stereocenters. The molecule has 1 saturated heterocycles. The van der Waals surface area contributed by atoms with Gasteiger partial charge in [0.2, 0.25) is 5.91 Å². The summed E-state index contributed by atoms with van der Waals surface area (Å²) in [5.41, 5.74) is 3.02. The maximum Gasteiger partial charge on any atom is 0.224 e. The molecule has 1 amide bonds. The van der Waals surface area contributed by atoms with E-state index in [1.807, 2.05) is 11.0 Å². The lowest BCUT2D eigenvalue weighted by Gasteiger charge is -2.45.